The SMILES string of the molecule is CCCCCCCCC=CCCCCCCC(C(=O)N1C=NCC1)C(C)O. The van der Waals surface area contributed by atoms with Crippen molar-refractivity contribution in [1.29, 1.82) is 0 Å². The van der Waals surface area contributed by atoms with Crippen LogP contribution in [0.25, 0.3) is 0 Å². The lowest BCUT2D eigenvalue weighted by Crippen LogP contribution is -2.38. The lowest BCUT2D eigenvalue weighted by Gasteiger charge is -2.23. The summed E-state index contributed by atoms with van der Waals surface area (Å²) in [5.74, 6) is -0.254. The molecule has 0 bridgehead atoms. The zero-order chi connectivity index (χ0) is 19.7. The smallest absolute Gasteiger partial charge is 0.233 e. The van der Waals surface area contributed by atoms with E-state index in [0.29, 0.717) is 13.1 Å². The van der Waals surface area contributed by atoms with Gasteiger partial charge in [-0.2, -0.15) is 0 Å². The highest BCUT2D eigenvalue weighted by atomic mass is 16.3. The van der Waals surface area contributed by atoms with Crippen LogP contribution in [0.4, 0.5) is 0 Å². The topological polar surface area (TPSA) is 52.9 Å². The van der Waals surface area contributed by atoms with Gasteiger partial charge in [-0.05, 0) is 39.0 Å². The molecule has 1 N–H and O–H groups in total. The molecule has 1 rings (SSSR count). The van der Waals surface area contributed by atoms with Crippen LogP contribution in [0.3, 0.4) is 0 Å². The summed E-state index contributed by atoms with van der Waals surface area (Å²) in [5, 5.41) is 9.95. The Morgan fingerprint density at radius 1 is 1.04 bits per heavy atom. The van der Waals surface area contributed by atoms with Crippen LogP contribution < -0.4 is 0 Å². The predicted molar refractivity (Wildman–Crippen MR) is 115 cm³/mol. The van der Waals surface area contributed by atoms with Gasteiger partial charge >= 0.3 is 0 Å². The molecule has 0 saturated heterocycles. The normalized spacial score (nSPS) is 16.3. The Morgan fingerprint density at radius 3 is 2.19 bits per heavy atom. The molecular formula is C23H42N2O2. The highest BCUT2D eigenvalue weighted by molar-refractivity contribution is 5.90. The predicted octanol–water partition coefficient (Wildman–Crippen LogP) is 5.50. The molecule has 0 aromatic heterocycles. The number of aliphatic hydroxyl groups is 1. The van der Waals surface area contributed by atoms with Gasteiger partial charge in [0.25, 0.3) is 0 Å². The molecule has 0 fully saturated rings. The number of allylic oxidation sites excluding steroid dienone is 2. The maximum absolute atomic E-state index is 12.4. The van der Waals surface area contributed by atoms with E-state index < -0.39 is 6.10 Å². The fourth-order valence-corrected chi connectivity index (χ4v) is 3.59. The van der Waals surface area contributed by atoms with E-state index in [1.54, 1.807) is 18.2 Å². The largest absolute Gasteiger partial charge is 0.393 e. The van der Waals surface area contributed by atoms with E-state index in [4.69, 9.17) is 0 Å². The summed E-state index contributed by atoms with van der Waals surface area (Å²) in [5.41, 5.74) is 0. The average molecular weight is 379 g/mol. The number of unbranched alkanes of at least 4 members (excludes halogenated alkanes) is 10. The van der Waals surface area contributed by atoms with Crippen LogP contribution in [0, 0.1) is 5.92 Å². The second-order valence-electron chi connectivity index (χ2n) is 7.92. The molecule has 0 aromatic carbocycles. The third-order valence-electron chi connectivity index (χ3n) is 5.40. The number of nitrogens with zero attached hydrogens (tertiary/aromatic N) is 2. The fraction of sp³-hybridized carbons (Fsp3) is 0.826. The van der Waals surface area contributed by atoms with E-state index in [1.807, 2.05) is 0 Å². The van der Waals surface area contributed by atoms with Crippen molar-refractivity contribution in [3.8, 4) is 0 Å². The molecule has 1 aliphatic heterocycles. The van der Waals surface area contributed by atoms with Gasteiger partial charge in [0.2, 0.25) is 5.91 Å². The third-order valence-corrected chi connectivity index (χ3v) is 5.40. The molecule has 2 unspecified atom stereocenters. The molecule has 27 heavy (non-hydrogen) atoms. The first-order valence-electron chi connectivity index (χ1n) is 11.3. The minimum atomic E-state index is -0.587. The Bertz CT molecular complexity index is 432. The Hall–Kier alpha value is -1.16. The first kappa shape index (κ1) is 23.9. The van der Waals surface area contributed by atoms with E-state index in [9.17, 15) is 9.90 Å². The van der Waals surface area contributed by atoms with Gasteiger partial charge in [-0.15, -0.1) is 0 Å². The number of hydrogen-bond acceptors (Lipinski definition) is 3. The summed E-state index contributed by atoms with van der Waals surface area (Å²) in [4.78, 5) is 18.2. The summed E-state index contributed by atoms with van der Waals surface area (Å²) >= 11 is 0. The minimum Gasteiger partial charge on any atom is -0.393 e. The second-order valence-corrected chi connectivity index (χ2v) is 7.92. The maximum Gasteiger partial charge on any atom is 0.233 e. The van der Waals surface area contributed by atoms with Crippen molar-refractivity contribution in [3.05, 3.63) is 12.2 Å². The van der Waals surface area contributed by atoms with Crippen molar-refractivity contribution in [2.45, 2.75) is 103 Å². The first-order valence-corrected chi connectivity index (χ1v) is 11.3. The number of amides is 1. The van der Waals surface area contributed by atoms with E-state index in [1.165, 1.54) is 64.2 Å². The second kappa shape index (κ2) is 15.9. The average Bonchev–Trinajstić information content (AvgIpc) is 3.19. The summed E-state index contributed by atoms with van der Waals surface area (Å²) in [6.07, 6.45) is 21.6. The van der Waals surface area contributed by atoms with Gasteiger partial charge in [-0.3, -0.25) is 9.79 Å². The zero-order valence-corrected chi connectivity index (χ0v) is 17.7. The van der Waals surface area contributed by atoms with Crippen LogP contribution in [0.1, 0.15) is 97.3 Å². The Balaban J connectivity index is 1.99. The molecule has 4 nitrogen and oxygen atoms in total. The summed E-state index contributed by atoms with van der Waals surface area (Å²) in [6, 6.07) is 0. The van der Waals surface area contributed by atoms with Crippen LogP contribution >= 0.6 is 0 Å². The van der Waals surface area contributed by atoms with Gasteiger partial charge in [-0.25, -0.2) is 0 Å². The Kier molecular flexibility index (Phi) is 14.0. The van der Waals surface area contributed by atoms with Crippen LogP contribution in [-0.4, -0.2) is 41.4 Å². The minimum absolute atomic E-state index is 0.0314. The molecule has 1 amide bonds. The number of carbonyl (C=O) groups is 1. The highest BCUT2D eigenvalue weighted by Crippen LogP contribution is 2.18. The molecule has 0 saturated carbocycles. The van der Waals surface area contributed by atoms with Crippen LogP contribution in [-0.2, 0) is 4.79 Å². The zero-order valence-electron chi connectivity index (χ0n) is 17.7. The molecule has 0 aliphatic carbocycles. The number of aliphatic imine (C=N–C) groups is 1. The molecule has 0 spiro atoms. The quantitative estimate of drug-likeness (QED) is 0.285. The van der Waals surface area contributed by atoms with Crippen molar-refractivity contribution >= 4 is 12.2 Å². The van der Waals surface area contributed by atoms with Crippen LogP contribution in [0.15, 0.2) is 17.1 Å². The Labute approximate surface area is 167 Å². The van der Waals surface area contributed by atoms with E-state index >= 15 is 0 Å². The van der Waals surface area contributed by atoms with Gasteiger partial charge in [0.15, 0.2) is 0 Å². The lowest BCUT2D eigenvalue weighted by molar-refractivity contribution is -0.134. The number of aliphatic hydroxyl groups excluding tert-OH is 1. The van der Waals surface area contributed by atoms with Crippen LogP contribution in [0.5, 0.6) is 0 Å². The monoisotopic (exact) mass is 378 g/mol. The van der Waals surface area contributed by atoms with Gasteiger partial charge in [0.1, 0.15) is 0 Å². The molecule has 156 valence electrons. The van der Waals surface area contributed by atoms with Crippen LogP contribution in [0.2, 0.25) is 0 Å². The molecule has 0 aromatic rings. The number of rotatable bonds is 16. The van der Waals surface area contributed by atoms with E-state index in [0.717, 1.165) is 19.3 Å². The number of carbonyl (C=O) groups excluding carboxylic acids is 1. The molecule has 1 aliphatic rings. The van der Waals surface area contributed by atoms with Crippen molar-refractivity contribution in [2.24, 2.45) is 10.9 Å². The highest BCUT2D eigenvalue weighted by Gasteiger charge is 2.28. The van der Waals surface area contributed by atoms with Gasteiger partial charge < -0.3 is 10.0 Å². The van der Waals surface area contributed by atoms with Gasteiger partial charge in [-0.1, -0.05) is 70.4 Å². The van der Waals surface area contributed by atoms with Crippen molar-refractivity contribution in [1.82, 2.24) is 4.90 Å². The Morgan fingerprint density at radius 2 is 1.63 bits per heavy atom. The van der Waals surface area contributed by atoms with Crippen molar-refractivity contribution in [3.63, 3.8) is 0 Å². The van der Waals surface area contributed by atoms with E-state index in [-0.39, 0.29) is 11.8 Å². The molecule has 4 heteroatoms. The maximum atomic E-state index is 12.4. The summed E-state index contributed by atoms with van der Waals surface area (Å²) in [7, 11) is 0. The van der Waals surface area contributed by atoms with Gasteiger partial charge in [0, 0.05) is 6.54 Å². The molecule has 1 heterocycles. The summed E-state index contributed by atoms with van der Waals surface area (Å²) in [6.45, 7) is 5.33. The van der Waals surface area contributed by atoms with Gasteiger partial charge in [0.05, 0.1) is 24.9 Å². The molecule has 0 radical (unpaired) electrons. The van der Waals surface area contributed by atoms with Crippen molar-refractivity contribution < 1.29 is 9.90 Å². The van der Waals surface area contributed by atoms with Crippen molar-refractivity contribution in [2.75, 3.05) is 13.1 Å². The van der Waals surface area contributed by atoms with E-state index in [2.05, 4.69) is 24.1 Å². The third kappa shape index (κ3) is 11.3. The fourth-order valence-electron chi connectivity index (χ4n) is 3.59. The lowest BCUT2D eigenvalue weighted by atomic mass is 9.94. The standard InChI is InChI=1S/C23H42N2O2/c1-3-4-5-6-7-8-9-10-11-12-13-14-15-16-17-22(21(2)26)23(27)25-19-18-24-20-25/h10-11,20-22,26H,3-9,12-19H2,1-2H3. The summed E-state index contributed by atoms with van der Waals surface area (Å²) < 4.78 is 0. The first-order chi connectivity index (χ1) is 13.2. The molecular weight excluding hydrogens is 336 g/mol. The number of hydrogen-bond donors (Lipinski definition) is 1. The molecule has 2 atom stereocenters.